The maximum atomic E-state index is 12.5. The van der Waals surface area contributed by atoms with Gasteiger partial charge in [0.15, 0.2) is 0 Å². The summed E-state index contributed by atoms with van der Waals surface area (Å²) in [5.41, 5.74) is -0.626. The number of piperazine rings is 1. The van der Waals surface area contributed by atoms with E-state index in [0.29, 0.717) is 26.2 Å². The van der Waals surface area contributed by atoms with Crippen molar-refractivity contribution in [2.24, 2.45) is 0 Å². The minimum Gasteiger partial charge on any atom is -0.353 e. The summed E-state index contributed by atoms with van der Waals surface area (Å²) in [6.07, 6.45) is 2.89. The molecular formula is C16H26N4O3S. The Labute approximate surface area is 144 Å². The van der Waals surface area contributed by atoms with Gasteiger partial charge >= 0.3 is 0 Å². The normalized spacial score (nSPS) is 16.5. The molecule has 1 aromatic heterocycles. The van der Waals surface area contributed by atoms with Gasteiger partial charge < -0.3 is 9.80 Å². The van der Waals surface area contributed by atoms with E-state index in [2.05, 4.69) is 9.88 Å². The summed E-state index contributed by atoms with van der Waals surface area (Å²) in [7, 11) is -3.44. The Kier molecular flexibility index (Phi) is 5.49. The van der Waals surface area contributed by atoms with Gasteiger partial charge in [-0.2, -0.15) is 4.31 Å². The number of aromatic nitrogens is 1. The highest BCUT2D eigenvalue weighted by Crippen LogP contribution is 2.18. The summed E-state index contributed by atoms with van der Waals surface area (Å²) in [6, 6.07) is 5.76. The number of anilines is 1. The van der Waals surface area contributed by atoms with Crippen molar-refractivity contribution in [1.29, 1.82) is 0 Å². The zero-order valence-electron chi connectivity index (χ0n) is 14.8. The smallest absolute Gasteiger partial charge is 0.238 e. The van der Waals surface area contributed by atoms with Crippen LogP contribution in [-0.2, 0) is 14.8 Å². The average molecular weight is 354 g/mol. The van der Waals surface area contributed by atoms with Crippen LogP contribution in [0.5, 0.6) is 0 Å². The van der Waals surface area contributed by atoms with E-state index in [0.717, 1.165) is 12.1 Å². The van der Waals surface area contributed by atoms with Crippen molar-refractivity contribution in [3.8, 4) is 0 Å². The Morgan fingerprint density at radius 3 is 2.29 bits per heavy atom. The second kappa shape index (κ2) is 7.06. The molecule has 134 valence electrons. The minimum atomic E-state index is -3.44. The number of hydrogen-bond donors (Lipinski definition) is 0. The Morgan fingerprint density at radius 1 is 1.21 bits per heavy atom. The van der Waals surface area contributed by atoms with Crippen molar-refractivity contribution in [3.05, 3.63) is 24.4 Å². The van der Waals surface area contributed by atoms with Crippen LogP contribution in [0.1, 0.15) is 20.8 Å². The van der Waals surface area contributed by atoms with Gasteiger partial charge in [0.25, 0.3) is 0 Å². The molecule has 0 N–H and O–H groups in total. The Morgan fingerprint density at radius 2 is 1.83 bits per heavy atom. The van der Waals surface area contributed by atoms with Gasteiger partial charge in [0.1, 0.15) is 5.82 Å². The third kappa shape index (κ3) is 4.67. The van der Waals surface area contributed by atoms with E-state index in [4.69, 9.17) is 0 Å². The third-order valence-corrected chi connectivity index (χ3v) is 5.51. The van der Waals surface area contributed by atoms with Crippen molar-refractivity contribution < 1.29 is 13.2 Å². The second-order valence-electron chi connectivity index (χ2n) is 7.00. The van der Waals surface area contributed by atoms with Crippen LogP contribution in [0.4, 0.5) is 5.82 Å². The number of sulfonamides is 1. The first-order valence-electron chi connectivity index (χ1n) is 8.00. The highest BCUT2D eigenvalue weighted by Gasteiger charge is 2.33. The summed E-state index contributed by atoms with van der Waals surface area (Å²) in [5.74, 6) is 0.744. The zero-order chi connectivity index (χ0) is 18.0. The molecule has 8 heteroatoms. The molecule has 0 atom stereocenters. The van der Waals surface area contributed by atoms with E-state index in [1.165, 1.54) is 4.31 Å². The number of amides is 1. The lowest BCUT2D eigenvalue weighted by Crippen LogP contribution is -2.54. The van der Waals surface area contributed by atoms with Crippen molar-refractivity contribution in [2.75, 3.05) is 43.9 Å². The van der Waals surface area contributed by atoms with Crippen LogP contribution in [0.2, 0.25) is 0 Å². The van der Waals surface area contributed by atoms with E-state index in [1.807, 2.05) is 18.2 Å². The average Bonchev–Trinajstić information content (AvgIpc) is 2.51. The quantitative estimate of drug-likeness (QED) is 0.799. The highest BCUT2D eigenvalue weighted by atomic mass is 32.2. The molecule has 7 nitrogen and oxygen atoms in total. The fourth-order valence-corrected chi connectivity index (χ4v) is 4.14. The molecule has 0 unspecified atom stereocenters. The molecule has 1 aliphatic heterocycles. The number of pyridine rings is 1. The summed E-state index contributed by atoms with van der Waals surface area (Å²) < 4.78 is 25.2. The maximum Gasteiger partial charge on any atom is 0.238 e. The SMILES string of the molecule is CC(C)(C)N(CC(=O)N1CCN(c2ccccn2)CC1)S(C)(=O)=O. The largest absolute Gasteiger partial charge is 0.353 e. The summed E-state index contributed by atoms with van der Waals surface area (Å²) in [5, 5.41) is 0. The molecule has 0 aromatic carbocycles. The first-order valence-corrected chi connectivity index (χ1v) is 9.85. The van der Waals surface area contributed by atoms with E-state index in [-0.39, 0.29) is 12.5 Å². The van der Waals surface area contributed by atoms with Gasteiger partial charge in [-0.15, -0.1) is 0 Å². The lowest BCUT2D eigenvalue weighted by molar-refractivity contribution is -0.132. The van der Waals surface area contributed by atoms with Gasteiger partial charge in [0.05, 0.1) is 12.8 Å². The molecule has 2 rings (SSSR count). The number of carbonyl (C=O) groups excluding carboxylic acids is 1. The lowest BCUT2D eigenvalue weighted by Gasteiger charge is -2.38. The fraction of sp³-hybridized carbons (Fsp3) is 0.625. The third-order valence-electron chi connectivity index (χ3n) is 4.03. The number of carbonyl (C=O) groups is 1. The molecule has 1 aromatic rings. The van der Waals surface area contributed by atoms with Crippen LogP contribution in [0, 0.1) is 0 Å². The molecule has 0 spiro atoms. The maximum absolute atomic E-state index is 12.5. The molecule has 0 radical (unpaired) electrons. The molecule has 2 heterocycles. The van der Waals surface area contributed by atoms with Crippen molar-refractivity contribution in [2.45, 2.75) is 26.3 Å². The van der Waals surface area contributed by atoms with Gasteiger partial charge in [-0.25, -0.2) is 13.4 Å². The molecule has 0 saturated carbocycles. The van der Waals surface area contributed by atoms with Gasteiger partial charge in [0.2, 0.25) is 15.9 Å². The number of nitrogens with zero attached hydrogens (tertiary/aromatic N) is 4. The van der Waals surface area contributed by atoms with E-state index in [9.17, 15) is 13.2 Å². The van der Waals surface area contributed by atoms with Crippen LogP contribution in [0.15, 0.2) is 24.4 Å². The Bertz CT molecular complexity index is 662. The first kappa shape index (κ1) is 18.7. The lowest BCUT2D eigenvalue weighted by atomic mass is 10.1. The summed E-state index contributed by atoms with van der Waals surface area (Å²) in [4.78, 5) is 20.7. The van der Waals surface area contributed by atoms with Crippen LogP contribution >= 0.6 is 0 Å². The van der Waals surface area contributed by atoms with Gasteiger partial charge in [0, 0.05) is 37.9 Å². The molecular weight excluding hydrogens is 328 g/mol. The molecule has 1 fully saturated rings. The highest BCUT2D eigenvalue weighted by molar-refractivity contribution is 7.88. The monoisotopic (exact) mass is 354 g/mol. The van der Waals surface area contributed by atoms with Crippen LogP contribution in [0.3, 0.4) is 0 Å². The van der Waals surface area contributed by atoms with E-state index < -0.39 is 15.6 Å². The van der Waals surface area contributed by atoms with Crippen LogP contribution in [0.25, 0.3) is 0 Å². The molecule has 1 aliphatic rings. The standard InChI is InChI=1S/C16H26N4O3S/c1-16(2,3)20(24(4,22)23)13-15(21)19-11-9-18(10-12-19)14-7-5-6-8-17-14/h5-8H,9-13H2,1-4H3. The van der Waals surface area contributed by atoms with Gasteiger partial charge in [-0.1, -0.05) is 6.07 Å². The predicted molar refractivity (Wildman–Crippen MR) is 94.3 cm³/mol. The van der Waals surface area contributed by atoms with Crippen LogP contribution < -0.4 is 4.90 Å². The Hall–Kier alpha value is -1.67. The number of rotatable bonds is 4. The summed E-state index contributed by atoms with van der Waals surface area (Å²) in [6.45, 7) is 7.77. The minimum absolute atomic E-state index is 0.119. The van der Waals surface area contributed by atoms with Crippen molar-refractivity contribution in [3.63, 3.8) is 0 Å². The van der Waals surface area contributed by atoms with Crippen molar-refractivity contribution >= 4 is 21.7 Å². The molecule has 1 amide bonds. The van der Waals surface area contributed by atoms with E-state index >= 15 is 0 Å². The molecule has 1 saturated heterocycles. The molecule has 0 aliphatic carbocycles. The first-order chi connectivity index (χ1) is 11.1. The summed E-state index contributed by atoms with van der Waals surface area (Å²) >= 11 is 0. The Balaban J connectivity index is 1.97. The number of hydrogen-bond acceptors (Lipinski definition) is 5. The second-order valence-corrected chi connectivity index (χ2v) is 8.90. The van der Waals surface area contributed by atoms with E-state index in [1.54, 1.807) is 31.9 Å². The van der Waals surface area contributed by atoms with Gasteiger partial charge in [-0.05, 0) is 32.9 Å². The fourth-order valence-electron chi connectivity index (χ4n) is 2.80. The van der Waals surface area contributed by atoms with Crippen molar-refractivity contribution in [1.82, 2.24) is 14.2 Å². The molecule has 24 heavy (non-hydrogen) atoms. The van der Waals surface area contributed by atoms with Gasteiger partial charge in [-0.3, -0.25) is 4.79 Å². The predicted octanol–water partition coefficient (Wildman–Crippen LogP) is 0.790. The molecule has 0 bridgehead atoms. The van der Waals surface area contributed by atoms with Crippen LogP contribution in [-0.4, -0.2) is 73.0 Å². The topological polar surface area (TPSA) is 73.8 Å². The zero-order valence-corrected chi connectivity index (χ0v) is 15.6.